The van der Waals surface area contributed by atoms with Gasteiger partial charge in [-0.1, -0.05) is 6.07 Å². The van der Waals surface area contributed by atoms with Crippen LogP contribution in [-0.2, 0) is 9.31 Å². The summed E-state index contributed by atoms with van der Waals surface area (Å²) in [6.07, 6.45) is 0. The minimum absolute atomic E-state index is 0.0385. The molecular formula is C15H20BNO4. The van der Waals surface area contributed by atoms with Crippen molar-refractivity contribution in [3.8, 4) is 17.6 Å². The van der Waals surface area contributed by atoms with Gasteiger partial charge in [-0.3, -0.25) is 0 Å². The number of rotatable bonds is 4. The molecule has 1 aliphatic heterocycles. The highest BCUT2D eigenvalue weighted by molar-refractivity contribution is 6.62. The smallest absolute Gasteiger partial charge is 0.493 e. The minimum atomic E-state index is -0.467. The van der Waals surface area contributed by atoms with Crippen molar-refractivity contribution in [3.05, 3.63) is 18.2 Å². The first-order valence-electron chi connectivity index (χ1n) is 6.84. The van der Waals surface area contributed by atoms with E-state index in [0.717, 1.165) is 5.46 Å². The van der Waals surface area contributed by atoms with E-state index in [1.165, 1.54) is 0 Å². The van der Waals surface area contributed by atoms with Crippen LogP contribution in [0.15, 0.2) is 18.2 Å². The lowest BCUT2D eigenvalue weighted by molar-refractivity contribution is 0.00578. The van der Waals surface area contributed by atoms with Crippen LogP contribution >= 0.6 is 0 Å². The molecule has 0 atom stereocenters. The molecule has 6 heteroatoms. The zero-order valence-electron chi connectivity index (χ0n) is 13.1. The quantitative estimate of drug-likeness (QED) is 0.792. The maximum Gasteiger partial charge on any atom is 0.494 e. The maximum atomic E-state index is 8.64. The maximum absolute atomic E-state index is 8.64. The van der Waals surface area contributed by atoms with E-state index in [1.54, 1.807) is 19.2 Å². The first-order chi connectivity index (χ1) is 9.80. The summed E-state index contributed by atoms with van der Waals surface area (Å²) < 4.78 is 22.6. The fourth-order valence-corrected chi connectivity index (χ4v) is 2.04. The van der Waals surface area contributed by atoms with Gasteiger partial charge in [0.2, 0.25) is 0 Å². The lowest BCUT2D eigenvalue weighted by Crippen LogP contribution is -2.41. The topological polar surface area (TPSA) is 60.7 Å². The Morgan fingerprint density at radius 2 is 1.76 bits per heavy atom. The fourth-order valence-electron chi connectivity index (χ4n) is 2.04. The van der Waals surface area contributed by atoms with Crippen molar-refractivity contribution in [1.29, 1.82) is 5.26 Å². The molecule has 0 aliphatic carbocycles. The Bertz CT molecular complexity index is 549. The molecule has 0 unspecified atom stereocenters. The Balaban J connectivity index is 2.28. The average molecular weight is 289 g/mol. The van der Waals surface area contributed by atoms with Crippen molar-refractivity contribution in [2.75, 3.05) is 13.7 Å². The molecular weight excluding hydrogens is 269 g/mol. The second kappa shape index (κ2) is 5.59. The fraction of sp³-hybridized carbons (Fsp3) is 0.533. The lowest BCUT2D eigenvalue weighted by atomic mass is 9.79. The zero-order valence-corrected chi connectivity index (χ0v) is 13.1. The third-order valence-corrected chi connectivity index (χ3v) is 4.01. The van der Waals surface area contributed by atoms with Crippen molar-refractivity contribution in [1.82, 2.24) is 0 Å². The number of nitrogens with zero attached hydrogens (tertiary/aromatic N) is 1. The molecule has 21 heavy (non-hydrogen) atoms. The number of hydrogen-bond donors (Lipinski definition) is 0. The van der Waals surface area contributed by atoms with Crippen LogP contribution in [0.4, 0.5) is 0 Å². The van der Waals surface area contributed by atoms with Gasteiger partial charge in [-0.2, -0.15) is 5.26 Å². The number of hydrogen-bond acceptors (Lipinski definition) is 5. The van der Waals surface area contributed by atoms with Gasteiger partial charge in [0.05, 0.1) is 18.3 Å². The molecule has 0 aromatic heterocycles. The third-order valence-electron chi connectivity index (χ3n) is 4.01. The van der Waals surface area contributed by atoms with Gasteiger partial charge >= 0.3 is 7.12 Å². The average Bonchev–Trinajstić information content (AvgIpc) is 2.65. The van der Waals surface area contributed by atoms with Crippen LogP contribution < -0.4 is 14.9 Å². The van der Waals surface area contributed by atoms with E-state index in [0.29, 0.717) is 11.5 Å². The third kappa shape index (κ3) is 2.99. The van der Waals surface area contributed by atoms with E-state index in [4.69, 9.17) is 24.0 Å². The summed E-state index contributed by atoms with van der Waals surface area (Å²) in [5, 5.41) is 8.64. The van der Waals surface area contributed by atoms with E-state index < -0.39 is 18.3 Å². The van der Waals surface area contributed by atoms with Crippen molar-refractivity contribution in [2.24, 2.45) is 0 Å². The summed E-state index contributed by atoms with van der Waals surface area (Å²) >= 11 is 0. The summed E-state index contributed by atoms with van der Waals surface area (Å²) in [6.45, 7) is 7.98. The summed E-state index contributed by atoms with van der Waals surface area (Å²) in [4.78, 5) is 0. The van der Waals surface area contributed by atoms with Crippen LogP contribution in [-0.4, -0.2) is 32.0 Å². The molecule has 0 bridgehead atoms. The Labute approximate surface area is 125 Å². The van der Waals surface area contributed by atoms with Gasteiger partial charge in [-0.05, 0) is 45.3 Å². The number of ether oxygens (including phenoxy) is 2. The summed E-state index contributed by atoms with van der Waals surface area (Å²) in [5.41, 5.74) is 0.0404. The van der Waals surface area contributed by atoms with E-state index in [-0.39, 0.29) is 6.61 Å². The van der Waals surface area contributed by atoms with Gasteiger partial charge in [-0.25, -0.2) is 0 Å². The SMILES string of the molecule is COc1ccc(B2OC(C)(C)C(C)(C)O2)cc1OCC#N. The molecule has 1 fully saturated rings. The van der Waals surface area contributed by atoms with E-state index in [2.05, 4.69) is 0 Å². The monoisotopic (exact) mass is 289 g/mol. The highest BCUT2D eigenvalue weighted by atomic mass is 16.7. The van der Waals surface area contributed by atoms with Crippen molar-refractivity contribution < 1.29 is 18.8 Å². The van der Waals surface area contributed by atoms with Crippen LogP contribution in [0.3, 0.4) is 0 Å². The number of benzene rings is 1. The molecule has 1 aromatic carbocycles. The summed E-state index contributed by atoms with van der Waals surface area (Å²) in [5.74, 6) is 1.08. The Kier molecular flexibility index (Phi) is 4.17. The Morgan fingerprint density at radius 1 is 1.14 bits per heavy atom. The molecule has 1 aliphatic rings. The number of nitriles is 1. The van der Waals surface area contributed by atoms with Crippen LogP contribution in [0.2, 0.25) is 0 Å². The molecule has 2 rings (SSSR count). The van der Waals surface area contributed by atoms with Gasteiger partial charge < -0.3 is 18.8 Å². The van der Waals surface area contributed by atoms with Gasteiger partial charge in [0.15, 0.2) is 18.1 Å². The van der Waals surface area contributed by atoms with Crippen LogP contribution in [0.1, 0.15) is 27.7 Å². The Hall–Kier alpha value is -1.71. The summed E-state index contributed by atoms with van der Waals surface area (Å²) in [6, 6.07) is 7.39. The van der Waals surface area contributed by atoms with Crippen LogP contribution in [0.25, 0.3) is 0 Å². The van der Waals surface area contributed by atoms with Gasteiger partial charge in [0.25, 0.3) is 0 Å². The predicted molar refractivity (Wildman–Crippen MR) is 79.8 cm³/mol. The first-order valence-corrected chi connectivity index (χ1v) is 6.84. The zero-order chi connectivity index (χ0) is 15.7. The molecule has 112 valence electrons. The molecule has 0 amide bonds. The Morgan fingerprint density at radius 3 is 2.29 bits per heavy atom. The van der Waals surface area contributed by atoms with E-state index in [9.17, 15) is 0 Å². The van der Waals surface area contributed by atoms with Crippen molar-refractivity contribution in [2.45, 2.75) is 38.9 Å². The second-order valence-electron chi connectivity index (χ2n) is 5.95. The van der Waals surface area contributed by atoms with Gasteiger partial charge in [-0.15, -0.1) is 0 Å². The van der Waals surface area contributed by atoms with Gasteiger partial charge in [0.1, 0.15) is 6.07 Å². The number of methoxy groups -OCH3 is 1. The normalized spacial score (nSPS) is 19.1. The molecule has 1 aromatic rings. The van der Waals surface area contributed by atoms with E-state index in [1.807, 2.05) is 39.8 Å². The molecule has 0 N–H and O–H groups in total. The molecule has 1 heterocycles. The lowest BCUT2D eigenvalue weighted by Gasteiger charge is -2.32. The largest absolute Gasteiger partial charge is 0.494 e. The van der Waals surface area contributed by atoms with Gasteiger partial charge in [0, 0.05) is 0 Å². The molecule has 5 nitrogen and oxygen atoms in total. The van der Waals surface area contributed by atoms with E-state index >= 15 is 0 Å². The molecule has 1 saturated heterocycles. The van der Waals surface area contributed by atoms with Crippen molar-refractivity contribution in [3.63, 3.8) is 0 Å². The molecule has 0 spiro atoms. The molecule has 0 saturated carbocycles. The highest BCUT2D eigenvalue weighted by Gasteiger charge is 2.51. The second-order valence-corrected chi connectivity index (χ2v) is 5.95. The molecule has 0 radical (unpaired) electrons. The summed E-state index contributed by atoms with van der Waals surface area (Å²) in [7, 11) is 1.09. The van der Waals surface area contributed by atoms with Crippen molar-refractivity contribution >= 4 is 12.6 Å². The highest BCUT2D eigenvalue weighted by Crippen LogP contribution is 2.37. The van der Waals surface area contributed by atoms with Crippen LogP contribution in [0, 0.1) is 11.3 Å². The predicted octanol–water partition coefficient (Wildman–Crippen LogP) is 1.90. The first kappa shape index (κ1) is 15.7. The standard InChI is InChI=1S/C15H20BNO4/c1-14(2)15(3,4)21-16(20-14)11-6-7-12(18-5)13(10-11)19-9-8-17/h6-7,10H,9H2,1-5H3. The minimum Gasteiger partial charge on any atom is -0.493 e. The van der Waals surface area contributed by atoms with Crippen LogP contribution in [0.5, 0.6) is 11.5 Å².